The standard InChI is InChI=1S/C20H25N3O2/c21-20(25)18-12-17(23-10-2-1-3-11-23)8-9-19(18)22-13-15-4-6-16(14-24)7-5-15/h4-9,12,22,24H,1-3,10-11,13-14H2,(H2,21,25). The first kappa shape index (κ1) is 17.3. The van der Waals surface area contributed by atoms with Gasteiger partial charge in [-0.25, -0.2) is 0 Å². The summed E-state index contributed by atoms with van der Waals surface area (Å²) in [6, 6.07) is 13.6. The molecular weight excluding hydrogens is 314 g/mol. The van der Waals surface area contributed by atoms with Crippen molar-refractivity contribution in [3.05, 3.63) is 59.2 Å². The van der Waals surface area contributed by atoms with Crippen LogP contribution in [0.2, 0.25) is 0 Å². The highest BCUT2D eigenvalue weighted by atomic mass is 16.3. The molecule has 132 valence electrons. The molecule has 1 amide bonds. The molecule has 0 saturated carbocycles. The number of hydrogen-bond acceptors (Lipinski definition) is 4. The van der Waals surface area contributed by atoms with Crippen molar-refractivity contribution < 1.29 is 9.90 Å². The van der Waals surface area contributed by atoms with Gasteiger partial charge in [0.15, 0.2) is 0 Å². The summed E-state index contributed by atoms with van der Waals surface area (Å²) in [5, 5.41) is 12.4. The normalized spacial score (nSPS) is 14.4. The highest BCUT2D eigenvalue weighted by molar-refractivity contribution is 5.99. The average Bonchev–Trinajstić information content (AvgIpc) is 2.67. The van der Waals surface area contributed by atoms with E-state index < -0.39 is 5.91 Å². The number of carbonyl (C=O) groups is 1. The van der Waals surface area contributed by atoms with Gasteiger partial charge in [-0.05, 0) is 48.6 Å². The Balaban J connectivity index is 1.74. The molecule has 0 atom stereocenters. The van der Waals surface area contributed by atoms with E-state index in [1.807, 2.05) is 36.4 Å². The zero-order valence-electron chi connectivity index (χ0n) is 14.4. The van der Waals surface area contributed by atoms with E-state index in [1.165, 1.54) is 19.3 Å². The molecule has 5 nitrogen and oxygen atoms in total. The molecule has 0 radical (unpaired) electrons. The molecule has 1 aliphatic rings. The van der Waals surface area contributed by atoms with Crippen LogP contribution in [-0.4, -0.2) is 24.1 Å². The fourth-order valence-corrected chi connectivity index (χ4v) is 3.20. The minimum atomic E-state index is -0.419. The number of hydrogen-bond donors (Lipinski definition) is 3. The van der Waals surface area contributed by atoms with Gasteiger partial charge in [0.1, 0.15) is 0 Å². The van der Waals surface area contributed by atoms with Gasteiger partial charge in [-0.2, -0.15) is 0 Å². The van der Waals surface area contributed by atoms with Gasteiger partial charge in [-0.3, -0.25) is 4.79 Å². The van der Waals surface area contributed by atoms with Crippen molar-refractivity contribution in [2.24, 2.45) is 5.73 Å². The zero-order valence-corrected chi connectivity index (χ0v) is 14.4. The van der Waals surface area contributed by atoms with Gasteiger partial charge in [-0.15, -0.1) is 0 Å². The van der Waals surface area contributed by atoms with Crippen molar-refractivity contribution >= 4 is 17.3 Å². The predicted molar refractivity (Wildman–Crippen MR) is 101 cm³/mol. The molecule has 1 aliphatic heterocycles. The number of carbonyl (C=O) groups excluding carboxylic acids is 1. The first-order chi connectivity index (χ1) is 12.2. The lowest BCUT2D eigenvalue weighted by Gasteiger charge is -2.29. The minimum Gasteiger partial charge on any atom is -0.392 e. The number of anilines is 2. The van der Waals surface area contributed by atoms with Crippen LogP contribution in [0.3, 0.4) is 0 Å². The average molecular weight is 339 g/mol. The summed E-state index contributed by atoms with van der Waals surface area (Å²) in [6.45, 7) is 2.69. The number of benzene rings is 2. The van der Waals surface area contributed by atoms with E-state index in [-0.39, 0.29) is 6.61 Å². The Morgan fingerprint density at radius 2 is 1.72 bits per heavy atom. The van der Waals surface area contributed by atoms with Crippen LogP contribution in [0.5, 0.6) is 0 Å². The van der Waals surface area contributed by atoms with Gasteiger partial charge in [0, 0.05) is 31.0 Å². The molecule has 25 heavy (non-hydrogen) atoms. The summed E-state index contributed by atoms with van der Waals surface area (Å²) >= 11 is 0. The van der Waals surface area contributed by atoms with Crippen LogP contribution in [0.4, 0.5) is 11.4 Å². The molecule has 0 unspecified atom stereocenters. The lowest BCUT2D eigenvalue weighted by Crippen LogP contribution is -2.29. The summed E-state index contributed by atoms with van der Waals surface area (Å²) in [5.74, 6) is -0.419. The second-order valence-electron chi connectivity index (χ2n) is 6.47. The fourth-order valence-electron chi connectivity index (χ4n) is 3.20. The Hall–Kier alpha value is -2.53. The van der Waals surface area contributed by atoms with E-state index in [4.69, 9.17) is 10.8 Å². The third kappa shape index (κ3) is 4.31. The Labute approximate surface area is 148 Å². The highest BCUT2D eigenvalue weighted by Crippen LogP contribution is 2.26. The zero-order chi connectivity index (χ0) is 17.6. The van der Waals surface area contributed by atoms with E-state index in [9.17, 15) is 4.79 Å². The molecule has 1 saturated heterocycles. The van der Waals surface area contributed by atoms with E-state index in [2.05, 4.69) is 16.3 Å². The quantitative estimate of drug-likeness (QED) is 0.756. The number of amides is 1. The Morgan fingerprint density at radius 1 is 1.04 bits per heavy atom. The molecular formula is C20H25N3O2. The third-order valence-corrected chi connectivity index (χ3v) is 4.68. The predicted octanol–water partition coefficient (Wildman–Crippen LogP) is 2.88. The first-order valence-electron chi connectivity index (χ1n) is 8.79. The van der Waals surface area contributed by atoms with Gasteiger partial charge in [0.05, 0.1) is 12.2 Å². The number of nitrogens with one attached hydrogen (secondary N) is 1. The fraction of sp³-hybridized carbons (Fsp3) is 0.350. The SMILES string of the molecule is NC(=O)c1cc(N2CCCCC2)ccc1NCc1ccc(CO)cc1. The monoisotopic (exact) mass is 339 g/mol. The third-order valence-electron chi connectivity index (χ3n) is 4.68. The van der Waals surface area contributed by atoms with Gasteiger partial charge in [0.25, 0.3) is 5.91 Å². The molecule has 0 aliphatic carbocycles. The molecule has 1 fully saturated rings. The molecule has 0 bridgehead atoms. The number of aliphatic hydroxyl groups is 1. The van der Waals surface area contributed by atoms with E-state index in [0.717, 1.165) is 35.6 Å². The number of nitrogens with zero attached hydrogens (tertiary/aromatic N) is 1. The van der Waals surface area contributed by atoms with Crippen LogP contribution in [0, 0.1) is 0 Å². The highest BCUT2D eigenvalue weighted by Gasteiger charge is 2.15. The summed E-state index contributed by atoms with van der Waals surface area (Å²) < 4.78 is 0. The van der Waals surface area contributed by atoms with Gasteiger partial charge in [0.2, 0.25) is 0 Å². The second-order valence-corrected chi connectivity index (χ2v) is 6.47. The van der Waals surface area contributed by atoms with Crippen LogP contribution >= 0.6 is 0 Å². The number of piperidine rings is 1. The lowest BCUT2D eigenvalue weighted by atomic mass is 10.1. The molecule has 0 aromatic heterocycles. The number of primary amides is 1. The molecule has 2 aromatic carbocycles. The van der Waals surface area contributed by atoms with Crippen LogP contribution in [0.15, 0.2) is 42.5 Å². The molecule has 5 heteroatoms. The maximum Gasteiger partial charge on any atom is 0.250 e. The largest absolute Gasteiger partial charge is 0.392 e. The van der Waals surface area contributed by atoms with Crippen molar-refractivity contribution in [3.8, 4) is 0 Å². The van der Waals surface area contributed by atoms with Crippen molar-refractivity contribution in [1.29, 1.82) is 0 Å². The van der Waals surface area contributed by atoms with Crippen LogP contribution in [0.25, 0.3) is 0 Å². The van der Waals surface area contributed by atoms with Gasteiger partial charge >= 0.3 is 0 Å². The Kier molecular flexibility index (Phi) is 5.56. The van der Waals surface area contributed by atoms with E-state index >= 15 is 0 Å². The Bertz CT molecular complexity index is 722. The van der Waals surface area contributed by atoms with E-state index in [0.29, 0.717) is 12.1 Å². The van der Waals surface area contributed by atoms with Gasteiger partial charge < -0.3 is 21.1 Å². The van der Waals surface area contributed by atoms with Crippen LogP contribution < -0.4 is 16.0 Å². The lowest BCUT2D eigenvalue weighted by molar-refractivity contribution is 0.100. The topological polar surface area (TPSA) is 78.6 Å². The molecule has 0 spiro atoms. The van der Waals surface area contributed by atoms with Crippen molar-refractivity contribution in [2.75, 3.05) is 23.3 Å². The maximum atomic E-state index is 11.9. The minimum absolute atomic E-state index is 0.0392. The smallest absolute Gasteiger partial charge is 0.250 e. The van der Waals surface area contributed by atoms with Gasteiger partial charge in [-0.1, -0.05) is 24.3 Å². The number of aliphatic hydroxyl groups excluding tert-OH is 1. The van der Waals surface area contributed by atoms with Crippen molar-refractivity contribution in [1.82, 2.24) is 0 Å². The maximum absolute atomic E-state index is 11.9. The van der Waals surface area contributed by atoms with E-state index in [1.54, 1.807) is 0 Å². The van der Waals surface area contributed by atoms with Crippen LogP contribution in [-0.2, 0) is 13.2 Å². The first-order valence-corrected chi connectivity index (χ1v) is 8.79. The van der Waals surface area contributed by atoms with Crippen molar-refractivity contribution in [2.45, 2.75) is 32.4 Å². The number of nitrogens with two attached hydrogens (primary N) is 1. The summed E-state index contributed by atoms with van der Waals surface area (Å²) in [7, 11) is 0. The summed E-state index contributed by atoms with van der Waals surface area (Å²) in [5.41, 5.74) is 9.89. The Morgan fingerprint density at radius 3 is 2.36 bits per heavy atom. The second kappa shape index (κ2) is 8.03. The molecule has 3 rings (SSSR count). The number of rotatable bonds is 6. The molecule has 1 heterocycles. The molecule has 4 N–H and O–H groups in total. The summed E-state index contributed by atoms with van der Waals surface area (Å²) in [6.07, 6.45) is 3.65. The van der Waals surface area contributed by atoms with Crippen molar-refractivity contribution in [3.63, 3.8) is 0 Å². The summed E-state index contributed by atoms with van der Waals surface area (Å²) in [4.78, 5) is 14.2. The molecule has 2 aromatic rings. The van der Waals surface area contributed by atoms with Crippen LogP contribution in [0.1, 0.15) is 40.7 Å².